The lowest BCUT2D eigenvalue weighted by molar-refractivity contribution is 0.112. The van der Waals surface area contributed by atoms with E-state index >= 15 is 0 Å². The van der Waals surface area contributed by atoms with Crippen LogP contribution in [0.5, 0.6) is 0 Å². The number of hydrogen-bond donors (Lipinski definition) is 1. The molecule has 0 saturated carbocycles. The molecule has 0 unspecified atom stereocenters. The van der Waals surface area contributed by atoms with Crippen molar-refractivity contribution < 1.29 is 4.79 Å². The van der Waals surface area contributed by atoms with Crippen molar-refractivity contribution in [2.24, 2.45) is 7.05 Å². The van der Waals surface area contributed by atoms with Gasteiger partial charge in [0.25, 0.3) is 5.56 Å². The molecule has 1 N–H and O–H groups in total. The Labute approximate surface area is 261 Å². The van der Waals surface area contributed by atoms with Crippen molar-refractivity contribution in [2.45, 2.75) is 27.7 Å². The first kappa shape index (κ1) is 36.8. The van der Waals surface area contributed by atoms with Crippen LogP contribution in [0.2, 0.25) is 0 Å². The Kier molecular flexibility index (Phi) is 17.4. The lowest BCUT2D eigenvalue weighted by atomic mass is 10.0. The molecule has 0 amide bonds. The SMILES string of the molecule is C=C(/C=C(Cl)\C(=C(/C)Cl)c1cc2cnccc2n(C)c1=O)NC.CC.CCN1CCN(C)CC1.O=Cc1ccccc1. The summed E-state index contributed by atoms with van der Waals surface area (Å²) in [7, 11) is 5.63. The molecule has 4 rings (SSSR count). The maximum absolute atomic E-state index is 12.7. The second-order valence-electron chi connectivity index (χ2n) is 9.30. The molecule has 3 aromatic rings. The molecular formula is C33H45Cl2N5O2. The first-order valence-electron chi connectivity index (χ1n) is 14.1. The number of rotatable bonds is 6. The number of aldehydes is 1. The number of likely N-dealkylation sites (N-methyl/N-ethyl adjacent to an activating group) is 3. The van der Waals surface area contributed by atoms with Gasteiger partial charge in [0.05, 0.1) is 16.1 Å². The van der Waals surface area contributed by atoms with E-state index in [1.54, 1.807) is 68.3 Å². The molecule has 0 radical (unpaired) electrons. The predicted molar refractivity (Wildman–Crippen MR) is 180 cm³/mol. The Morgan fingerprint density at radius 2 is 1.69 bits per heavy atom. The van der Waals surface area contributed by atoms with E-state index in [0.29, 0.717) is 26.9 Å². The van der Waals surface area contributed by atoms with E-state index in [0.717, 1.165) is 22.8 Å². The standard InChI is InChI=1S/C17H17Cl2N3O.C7H16N2.C7H6O.C2H6/c1-10(20-3)7-14(19)16(11(2)18)13-8-12-9-21-6-5-15(12)22(4)17(13)23;1-3-9-6-4-8(2)5-7-9;8-6-7-4-2-1-3-5-7;1-2/h5-9,20H,1H2,2-4H3;3-7H2,1-2H3;1-6H;1-2H3/b14-7+,16-11+;;;. The van der Waals surface area contributed by atoms with Crippen LogP contribution in [0, 0.1) is 0 Å². The van der Waals surface area contributed by atoms with Gasteiger partial charge >= 0.3 is 0 Å². The van der Waals surface area contributed by atoms with Crippen molar-refractivity contribution in [2.75, 3.05) is 46.8 Å². The molecular weight excluding hydrogens is 569 g/mol. The average molecular weight is 615 g/mol. The highest BCUT2D eigenvalue weighted by Crippen LogP contribution is 2.31. The summed E-state index contributed by atoms with van der Waals surface area (Å²) in [6, 6.07) is 12.6. The van der Waals surface area contributed by atoms with Gasteiger partial charge in [-0.05, 0) is 38.7 Å². The third-order valence-electron chi connectivity index (χ3n) is 6.48. The fraction of sp³-hybridized carbons (Fsp3) is 0.364. The van der Waals surface area contributed by atoms with E-state index in [1.807, 2.05) is 32.0 Å². The molecule has 9 heteroatoms. The molecule has 0 bridgehead atoms. The summed E-state index contributed by atoms with van der Waals surface area (Å²) in [4.78, 5) is 31.7. The molecule has 1 aliphatic heterocycles. The van der Waals surface area contributed by atoms with Crippen LogP contribution in [0.1, 0.15) is 43.6 Å². The summed E-state index contributed by atoms with van der Waals surface area (Å²) in [5, 5.41) is 4.48. The highest BCUT2D eigenvalue weighted by molar-refractivity contribution is 6.42. The van der Waals surface area contributed by atoms with Crippen molar-refractivity contribution in [1.82, 2.24) is 24.7 Å². The largest absolute Gasteiger partial charge is 0.389 e. The minimum Gasteiger partial charge on any atom is -0.389 e. The second kappa shape index (κ2) is 19.8. The summed E-state index contributed by atoms with van der Waals surface area (Å²) in [6.45, 7) is 17.9. The quantitative estimate of drug-likeness (QED) is 0.251. The molecule has 1 aliphatic rings. The Balaban J connectivity index is 0.000000377. The van der Waals surface area contributed by atoms with Gasteiger partial charge in [-0.25, -0.2) is 0 Å². The topological polar surface area (TPSA) is 70.5 Å². The molecule has 3 heterocycles. The number of nitrogens with zero attached hydrogens (tertiary/aromatic N) is 4. The number of aryl methyl sites for hydroxylation is 1. The molecule has 0 aliphatic carbocycles. The third-order valence-corrected chi connectivity index (χ3v) is 6.96. The first-order valence-corrected chi connectivity index (χ1v) is 14.8. The second-order valence-corrected chi connectivity index (χ2v) is 10.3. The van der Waals surface area contributed by atoms with Gasteiger partial charge < -0.3 is 19.7 Å². The summed E-state index contributed by atoms with van der Waals surface area (Å²) in [6.07, 6.45) is 5.81. The fourth-order valence-corrected chi connectivity index (χ4v) is 4.60. The van der Waals surface area contributed by atoms with Crippen LogP contribution in [0.3, 0.4) is 0 Å². The molecule has 0 atom stereocenters. The zero-order chi connectivity index (χ0) is 31.7. The molecule has 7 nitrogen and oxygen atoms in total. The number of carbonyl (C=O) groups is 1. The molecule has 1 saturated heterocycles. The maximum atomic E-state index is 12.7. The van der Waals surface area contributed by atoms with Crippen LogP contribution >= 0.6 is 23.2 Å². The molecule has 0 spiro atoms. The van der Waals surface area contributed by atoms with E-state index in [9.17, 15) is 9.59 Å². The molecule has 1 fully saturated rings. The van der Waals surface area contributed by atoms with Crippen LogP contribution in [-0.2, 0) is 7.05 Å². The van der Waals surface area contributed by atoms with E-state index in [4.69, 9.17) is 23.2 Å². The third kappa shape index (κ3) is 11.6. The van der Waals surface area contributed by atoms with Gasteiger partial charge in [0.1, 0.15) is 6.29 Å². The van der Waals surface area contributed by atoms with Gasteiger partial charge in [0, 0.05) is 79.9 Å². The fourth-order valence-electron chi connectivity index (χ4n) is 3.97. The summed E-state index contributed by atoms with van der Waals surface area (Å²) in [5.74, 6) is 0. The smallest absolute Gasteiger partial charge is 0.258 e. The van der Waals surface area contributed by atoms with Crippen LogP contribution in [0.15, 0.2) is 88.1 Å². The molecule has 1 aromatic carbocycles. The minimum atomic E-state index is -0.180. The molecule has 228 valence electrons. The molecule has 2 aromatic heterocycles. The first-order chi connectivity index (χ1) is 20.1. The van der Waals surface area contributed by atoms with Crippen LogP contribution in [0.4, 0.5) is 0 Å². The highest BCUT2D eigenvalue weighted by atomic mass is 35.5. The number of hydrogen-bond acceptors (Lipinski definition) is 6. The van der Waals surface area contributed by atoms with Gasteiger partial charge in [0.2, 0.25) is 0 Å². The predicted octanol–water partition coefficient (Wildman–Crippen LogP) is 6.54. The zero-order valence-electron chi connectivity index (χ0n) is 26.0. The normalized spacial score (nSPS) is 14.2. The zero-order valence-corrected chi connectivity index (χ0v) is 27.5. The Morgan fingerprint density at radius 3 is 2.19 bits per heavy atom. The van der Waals surface area contributed by atoms with Crippen LogP contribution in [0.25, 0.3) is 16.5 Å². The average Bonchev–Trinajstić information content (AvgIpc) is 3.02. The molecule has 42 heavy (non-hydrogen) atoms. The van der Waals surface area contributed by atoms with Crippen LogP contribution in [-0.4, -0.2) is 72.5 Å². The lowest BCUT2D eigenvalue weighted by Crippen LogP contribution is -2.44. The number of allylic oxidation sites excluding steroid dienone is 4. The lowest BCUT2D eigenvalue weighted by Gasteiger charge is -2.31. The number of halogens is 2. The highest BCUT2D eigenvalue weighted by Gasteiger charge is 2.16. The van der Waals surface area contributed by atoms with E-state index < -0.39 is 0 Å². The van der Waals surface area contributed by atoms with Gasteiger partial charge in [-0.2, -0.15) is 0 Å². The van der Waals surface area contributed by atoms with Crippen molar-refractivity contribution in [1.29, 1.82) is 0 Å². The van der Waals surface area contributed by atoms with Crippen molar-refractivity contribution >= 4 is 46.0 Å². The number of piperazine rings is 1. The Hall–Kier alpha value is -3.23. The Morgan fingerprint density at radius 1 is 1.07 bits per heavy atom. The van der Waals surface area contributed by atoms with Gasteiger partial charge in [-0.3, -0.25) is 14.6 Å². The summed E-state index contributed by atoms with van der Waals surface area (Å²) < 4.78 is 1.56. The van der Waals surface area contributed by atoms with Crippen LogP contribution < -0.4 is 10.9 Å². The summed E-state index contributed by atoms with van der Waals surface area (Å²) in [5.41, 5.74) is 2.86. The number of nitrogens with one attached hydrogen (secondary N) is 1. The van der Waals surface area contributed by atoms with E-state index in [1.165, 1.54) is 32.7 Å². The van der Waals surface area contributed by atoms with Crippen molar-refractivity contribution in [3.8, 4) is 0 Å². The van der Waals surface area contributed by atoms with Gasteiger partial charge in [0.15, 0.2) is 0 Å². The van der Waals surface area contributed by atoms with Crippen molar-refractivity contribution in [3.05, 3.63) is 105 Å². The van der Waals surface area contributed by atoms with Gasteiger partial charge in [-0.1, -0.05) is 80.9 Å². The maximum Gasteiger partial charge on any atom is 0.258 e. The Bertz CT molecular complexity index is 1390. The number of pyridine rings is 2. The van der Waals surface area contributed by atoms with E-state index in [2.05, 4.69) is 40.7 Å². The number of carbonyl (C=O) groups excluding carboxylic acids is 1. The summed E-state index contributed by atoms with van der Waals surface area (Å²) >= 11 is 12.6. The number of fused-ring (bicyclic) bond motifs is 1. The minimum absolute atomic E-state index is 0.180. The monoisotopic (exact) mass is 613 g/mol. The van der Waals surface area contributed by atoms with E-state index in [-0.39, 0.29) is 5.56 Å². The van der Waals surface area contributed by atoms with Crippen molar-refractivity contribution in [3.63, 3.8) is 0 Å². The number of aromatic nitrogens is 2. The number of benzene rings is 1. The van der Waals surface area contributed by atoms with Gasteiger partial charge in [-0.15, -0.1) is 0 Å².